The molecule has 0 bridgehead atoms. The molecule has 0 aliphatic carbocycles. The van der Waals surface area contributed by atoms with E-state index >= 15 is 0 Å². The van der Waals surface area contributed by atoms with Gasteiger partial charge < -0.3 is 10.3 Å². The summed E-state index contributed by atoms with van der Waals surface area (Å²) in [7, 11) is 0. The van der Waals surface area contributed by atoms with Crippen LogP contribution in [-0.2, 0) is 11.2 Å². The van der Waals surface area contributed by atoms with Crippen molar-refractivity contribution in [2.24, 2.45) is 0 Å². The first-order valence-electron chi connectivity index (χ1n) is 8.99. The first-order chi connectivity index (χ1) is 12.6. The number of aryl methyl sites for hydroxylation is 1. The number of aromatic nitrogens is 3. The van der Waals surface area contributed by atoms with Gasteiger partial charge in [0, 0.05) is 22.6 Å². The topological polar surface area (TPSA) is 86.9 Å². The van der Waals surface area contributed by atoms with E-state index in [2.05, 4.69) is 30.1 Å². The number of fused-ring (bicyclic) bond motifs is 1. The van der Waals surface area contributed by atoms with E-state index < -0.39 is 0 Å². The molecule has 0 saturated carbocycles. The summed E-state index contributed by atoms with van der Waals surface area (Å²) in [5.74, 6) is 7.84. The van der Waals surface area contributed by atoms with Crippen molar-refractivity contribution in [3.05, 3.63) is 51.1 Å². The van der Waals surface area contributed by atoms with Crippen LogP contribution >= 0.6 is 11.8 Å². The van der Waals surface area contributed by atoms with Crippen molar-refractivity contribution >= 4 is 22.7 Å². The molecule has 0 saturated heterocycles. The summed E-state index contributed by atoms with van der Waals surface area (Å²) in [6.07, 6.45) is 0. The second kappa shape index (κ2) is 7.03. The average molecular weight is 387 g/mol. The molecule has 0 atom stereocenters. The van der Waals surface area contributed by atoms with Crippen molar-refractivity contribution in [2.75, 3.05) is 5.84 Å². The number of hydrogen-bond donors (Lipinski definition) is 1. The van der Waals surface area contributed by atoms with Gasteiger partial charge in [0.05, 0.1) is 0 Å². The lowest BCUT2D eigenvalue weighted by Crippen LogP contribution is -2.24. The third-order valence-electron chi connectivity index (χ3n) is 4.53. The smallest absolute Gasteiger partial charge is 0.336 e. The Bertz CT molecular complexity index is 1040. The Hall–Kier alpha value is -2.28. The van der Waals surface area contributed by atoms with Crippen LogP contribution in [0.2, 0.25) is 0 Å². The average Bonchev–Trinajstić information content (AvgIpc) is 2.92. The van der Waals surface area contributed by atoms with Crippen LogP contribution in [0.3, 0.4) is 0 Å². The van der Waals surface area contributed by atoms with Crippen molar-refractivity contribution < 1.29 is 4.42 Å². The van der Waals surface area contributed by atoms with E-state index in [1.807, 2.05) is 33.8 Å². The van der Waals surface area contributed by atoms with Gasteiger partial charge in [-0.25, -0.2) is 9.47 Å². The quantitative estimate of drug-likeness (QED) is 0.412. The highest BCUT2D eigenvalue weighted by atomic mass is 32.2. The van der Waals surface area contributed by atoms with E-state index in [1.54, 1.807) is 6.07 Å². The van der Waals surface area contributed by atoms with Crippen molar-refractivity contribution in [2.45, 2.75) is 63.8 Å². The van der Waals surface area contributed by atoms with Crippen LogP contribution in [0.4, 0.5) is 0 Å². The van der Waals surface area contributed by atoms with Gasteiger partial charge >= 0.3 is 5.63 Å². The minimum Gasteiger partial charge on any atom is -0.423 e. The largest absolute Gasteiger partial charge is 0.423 e. The molecular weight excluding hydrogens is 360 g/mol. The lowest BCUT2D eigenvalue weighted by atomic mass is 9.95. The molecule has 2 heterocycles. The van der Waals surface area contributed by atoms with Gasteiger partial charge in [0.1, 0.15) is 5.58 Å². The summed E-state index contributed by atoms with van der Waals surface area (Å²) in [6.45, 7) is 12.5. The summed E-state index contributed by atoms with van der Waals surface area (Å²) >= 11 is 1.46. The minimum absolute atomic E-state index is 0.190. The lowest BCUT2D eigenvalue weighted by Gasteiger charge is -2.16. The van der Waals surface area contributed by atoms with Crippen molar-refractivity contribution in [1.29, 1.82) is 0 Å². The zero-order chi connectivity index (χ0) is 19.9. The fraction of sp³-hybridized carbons (Fsp3) is 0.450. The standard InChI is InChI=1S/C20H26N4O2S/c1-11(2)14-9-15-13(8-17(25)26-16(15)7-12(14)3)10-27-19-23-22-18(24(19)21)20(4,5)6/h7-9,11H,10,21H2,1-6H3. The Kier molecular flexibility index (Phi) is 5.08. The Morgan fingerprint density at radius 1 is 1.22 bits per heavy atom. The molecule has 0 aliphatic heterocycles. The highest BCUT2D eigenvalue weighted by Crippen LogP contribution is 2.30. The molecule has 0 radical (unpaired) electrons. The van der Waals surface area contributed by atoms with Crippen LogP contribution in [-0.4, -0.2) is 14.9 Å². The number of nitrogens with zero attached hydrogens (tertiary/aromatic N) is 3. The van der Waals surface area contributed by atoms with E-state index in [0.29, 0.717) is 22.4 Å². The van der Waals surface area contributed by atoms with Crippen molar-refractivity contribution in [3.63, 3.8) is 0 Å². The van der Waals surface area contributed by atoms with Crippen LogP contribution in [0, 0.1) is 6.92 Å². The molecule has 2 N–H and O–H groups in total. The summed E-state index contributed by atoms with van der Waals surface area (Å²) in [5, 5.41) is 10.0. The predicted molar refractivity (Wildman–Crippen MR) is 110 cm³/mol. The summed E-state index contributed by atoms with van der Waals surface area (Å²) in [6, 6.07) is 5.63. The van der Waals surface area contributed by atoms with E-state index in [0.717, 1.165) is 22.3 Å². The van der Waals surface area contributed by atoms with Gasteiger partial charge in [-0.1, -0.05) is 46.4 Å². The summed E-state index contributed by atoms with van der Waals surface area (Å²) in [5.41, 5.74) is 3.36. The maximum Gasteiger partial charge on any atom is 0.336 e. The highest BCUT2D eigenvalue weighted by Gasteiger charge is 2.23. The second-order valence-electron chi connectivity index (χ2n) is 8.17. The molecule has 27 heavy (non-hydrogen) atoms. The molecule has 0 unspecified atom stereocenters. The highest BCUT2D eigenvalue weighted by molar-refractivity contribution is 7.98. The minimum atomic E-state index is -0.348. The number of hydrogen-bond acceptors (Lipinski definition) is 6. The van der Waals surface area contributed by atoms with Crippen LogP contribution < -0.4 is 11.5 Å². The van der Waals surface area contributed by atoms with Crippen molar-refractivity contribution in [1.82, 2.24) is 14.9 Å². The first-order valence-corrected chi connectivity index (χ1v) is 9.97. The molecule has 6 nitrogen and oxygen atoms in total. The first kappa shape index (κ1) is 19.5. The molecule has 7 heteroatoms. The molecule has 0 aliphatic rings. The number of nitrogen functional groups attached to an aromatic ring is 1. The second-order valence-corrected chi connectivity index (χ2v) is 9.11. The van der Waals surface area contributed by atoms with E-state index in [9.17, 15) is 4.79 Å². The van der Waals surface area contributed by atoms with Gasteiger partial charge in [-0.05, 0) is 41.7 Å². The fourth-order valence-corrected chi connectivity index (χ4v) is 4.01. The predicted octanol–water partition coefficient (Wildman–Crippen LogP) is 4.12. The van der Waals surface area contributed by atoms with E-state index in [-0.39, 0.29) is 11.0 Å². The fourth-order valence-electron chi connectivity index (χ4n) is 3.16. The maximum atomic E-state index is 12.0. The molecule has 0 amide bonds. The van der Waals surface area contributed by atoms with Crippen LogP contribution in [0.25, 0.3) is 11.0 Å². The molecule has 3 rings (SSSR count). The van der Waals surface area contributed by atoms with Gasteiger partial charge in [0.15, 0.2) is 5.82 Å². The monoisotopic (exact) mass is 386 g/mol. The summed E-state index contributed by atoms with van der Waals surface area (Å²) < 4.78 is 6.95. The summed E-state index contributed by atoms with van der Waals surface area (Å²) in [4.78, 5) is 12.0. The van der Waals surface area contributed by atoms with Gasteiger partial charge in [0.2, 0.25) is 5.16 Å². The molecule has 144 valence electrons. The SMILES string of the molecule is Cc1cc2oc(=O)cc(CSc3nnc(C(C)(C)C)n3N)c2cc1C(C)C. The number of thioether (sulfide) groups is 1. The van der Waals surface area contributed by atoms with Crippen LogP contribution in [0.1, 0.15) is 63.1 Å². The zero-order valence-electron chi connectivity index (χ0n) is 16.7. The maximum absolute atomic E-state index is 12.0. The van der Waals surface area contributed by atoms with Gasteiger partial charge in [-0.3, -0.25) is 0 Å². The van der Waals surface area contributed by atoms with Gasteiger partial charge in [-0.15, -0.1) is 10.2 Å². The Balaban J connectivity index is 1.99. The molecule has 1 aromatic carbocycles. The lowest BCUT2D eigenvalue weighted by molar-refractivity contribution is 0.523. The molecule has 0 fully saturated rings. The Morgan fingerprint density at radius 3 is 2.52 bits per heavy atom. The number of benzene rings is 1. The van der Waals surface area contributed by atoms with Crippen molar-refractivity contribution in [3.8, 4) is 0 Å². The third-order valence-corrected chi connectivity index (χ3v) is 5.52. The molecule has 3 aromatic rings. The van der Waals surface area contributed by atoms with E-state index in [4.69, 9.17) is 10.3 Å². The number of rotatable bonds is 4. The Morgan fingerprint density at radius 2 is 1.93 bits per heavy atom. The van der Waals surface area contributed by atoms with Crippen LogP contribution in [0.15, 0.2) is 32.6 Å². The molecular formula is C20H26N4O2S. The zero-order valence-corrected chi connectivity index (χ0v) is 17.5. The normalized spacial score (nSPS) is 12.3. The Labute approximate surface area is 163 Å². The molecule has 2 aromatic heterocycles. The third kappa shape index (κ3) is 3.88. The van der Waals surface area contributed by atoms with Gasteiger partial charge in [-0.2, -0.15) is 0 Å². The van der Waals surface area contributed by atoms with Crippen LogP contribution in [0.5, 0.6) is 0 Å². The van der Waals surface area contributed by atoms with Gasteiger partial charge in [0.25, 0.3) is 0 Å². The van der Waals surface area contributed by atoms with E-state index in [1.165, 1.54) is 22.0 Å². The number of nitrogens with two attached hydrogens (primary N) is 1. The molecule has 0 spiro atoms.